The van der Waals surface area contributed by atoms with Crippen molar-refractivity contribution in [1.29, 1.82) is 0 Å². The number of esters is 2. The number of non-ortho nitro benzene ring substituents is 1. The molecular weight excluding hydrogens is 668 g/mol. The minimum absolute atomic E-state index is 0.0890. The topological polar surface area (TPSA) is 235 Å². The highest BCUT2D eigenvalue weighted by molar-refractivity contribution is 7.99. The van der Waals surface area contributed by atoms with Gasteiger partial charge in [-0.15, -0.1) is 11.8 Å². The molecule has 2 rings (SSSR count). The van der Waals surface area contributed by atoms with E-state index < -0.39 is 109 Å². The van der Waals surface area contributed by atoms with Gasteiger partial charge in [0.05, 0.1) is 20.8 Å². The molecule has 0 saturated heterocycles. The van der Waals surface area contributed by atoms with E-state index in [0.717, 1.165) is 18.2 Å². The van der Waals surface area contributed by atoms with Gasteiger partial charge in [-0.25, -0.2) is 18.4 Å². The Kier molecular flexibility index (Phi) is 16.7. The van der Waals surface area contributed by atoms with Crippen LogP contribution in [-0.2, 0) is 40.0 Å². The first-order valence-corrected chi connectivity index (χ1v) is 15.0. The number of amides is 3. The van der Waals surface area contributed by atoms with Crippen molar-refractivity contribution in [3.8, 4) is 0 Å². The predicted octanol–water partition coefficient (Wildman–Crippen LogP) is 2.30. The van der Waals surface area contributed by atoms with Crippen LogP contribution in [0, 0.1) is 20.2 Å². The van der Waals surface area contributed by atoms with Gasteiger partial charge in [-0.2, -0.15) is 0 Å². The summed E-state index contributed by atoms with van der Waals surface area (Å²) < 4.78 is 39.2. The number of hydrogen-bond acceptors (Lipinski definition) is 13. The zero-order valence-electron chi connectivity index (χ0n) is 25.1. The molecule has 0 spiro atoms. The predicted molar refractivity (Wildman–Crippen MR) is 162 cm³/mol. The average molecular weight is 700 g/mol. The van der Waals surface area contributed by atoms with E-state index in [4.69, 9.17) is 9.47 Å². The molecule has 0 aliphatic heterocycles. The number of nitro benzene ring substituents is 2. The molecule has 0 radical (unpaired) electrons. The third kappa shape index (κ3) is 13.9. The molecule has 0 heterocycles. The van der Waals surface area contributed by atoms with Crippen molar-refractivity contribution in [1.82, 2.24) is 16.0 Å². The Morgan fingerprint density at radius 3 is 2.19 bits per heavy atom. The number of nitrogens with one attached hydrogen (secondary N) is 3. The summed E-state index contributed by atoms with van der Waals surface area (Å²) in [4.78, 5) is 83.1. The molecule has 2 aromatic rings. The van der Waals surface area contributed by atoms with E-state index in [-0.39, 0.29) is 17.3 Å². The fraction of sp³-hybridized carbons (Fsp3) is 0.393. The number of nitro groups is 2. The Hall–Kier alpha value is -5.40. The SMILES string of the molecule is O=C(CC[C@H](NC(=O)OCc1ccccc1)C(=O)OCCF)N[C@@H](CSc1ccc([N+](=O)[O-])cc1[N+](=O)[O-])C(=O)NCC(=O)OCCF. The van der Waals surface area contributed by atoms with E-state index in [2.05, 4.69) is 20.7 Å². The average Bonchev–Trinajstić information content (AvgIpc) is 3.07. The van der Waals surface area contributed by atoms with Crippen LogP contribution in [0.4, 0.5) is 25.0 Å². The first-order chi connectivity index (χ1) is 22.9. The molecule has 2 aromatic carbocycles. The molecule has 0 aromatic heterocycles. The molecule has 3 N–H and O–H groups in total. The maximum atomic E-state index is 12.9. The summed E-state index contributed by atoms with van der Waals surface area (Å²) in [6.45, 7) is -4.03. The van der Waals surface area contributed by atoms with Gasteiger partial charge in [0.1, 0.15) is 51.8 Å². The minimum atomic E-state index is -1.48. The van der Waals surface area contributed by atoms with E-state index in [0.29, 0.717) is 17.3 Å². The van der Waals surface area contributed by atoms with Crippen LogP contribution in [0.3, 0.4) is 0 Å². The van der Waals surface area contributed by atoms with Crippen molar-refractivity contribution in [3.63, 3.8) is 0 Å². The zero-order valence-corrected chi connectivity index (χ0v) is 25.9. The van der Waals surface area contributed by atoms with Crippen LogP contribution in [0.25, 0.3) is 0 Å². The first-order valence-electron chi connectivity index (χ1n) is 14.0. The van der Waals surface area contributed by atoms with Gasteiger partial charge in [0.2, 0.25) is 11.8 Å². The summed E-state index contributed by atoms with van der Waals surface area (Å²) >= 11 is 0.684. The summed E-state index contributed by atoms with van der Waals surface area (Å²) in [5.74, 6) is -4.28. The smallest absolute Gasteiger partial charge is 0.408 e. The summed E-state index contributed by atoms with van der Waals surface area (Å²) in [5, 5.41) is 29.4. The normalized spacial score (nSPS) is 11.7. The molecule has 0 aliphatic rings. The second kappa shape index (κ2) is 20.7. The van der Waals surface area contributed by atoms with Crippen LogP contribution < -0.4 is 16.0 Å². The molecule has 0 fully saturated rings. The monoisotopic (exact) mass is 699 g/mol. The van der Waals surface area contributed by atoms with Gasteiger partial charge in [0.15, 0.2) is 0 Å². The van der Waals surface area contributed by atoms with Crippen molar-refractivity contribution in [2.24, 2.45) is 0 Å². The third-order valence-electron chi connectivity index (χ3n) is 5.93. The number of alkyl carbamates (subject to hydrolysis) is 1. The van der Waals surface area contributed by atoms with Crippen LogP contribution in [0.1, 0.15) is 18.4 Å². The number of ether oxygens (including phenoxy) is 3. The molecule has 260 valence electrons. The second-order valence-corrected chi connectivity index (χ2v) is 10.4. The first kappa shape index (κ1) is 38.8. The van der Waals surface area contributed by atoms with Crippen LogP contribution in [0.15, 0.2) is 53.4 Å². The van der Waals surface area contributed by atoms with Gasteiger partial charge >= 0.3 is 18.0 Å². The number of benzene rings is 2. The zero-order chi connectivity index (χ0) is 35.5. The minimum Gasteiger partial charge on any atom is -0.462 e. The number of halogens is 2. The van der Waals surface area contributed by atoms with Crippen molar-refractivity contribution < 1.29 is 56.8 Å². The Labute approximate surface area is 275 Å². The van der Waals surface area contributed by atoms with E-state index in [1.54, 1.807) is 30.3 Å². The lowest BCUT2D eigenvalue weighted by molar-refractivity contribution is -0.396. The number of carbonyl (C=O) groups is 5. The number of rotatable bonds is 20. The van der Waals surface area contributed by atoms with Crippen LogP contribution in [-0.4, -0.2) is 90.6 Å². The van der Waals surface area contributed by atoms with Gasteiger partial charge in [-0.05, 0) is 18.1 Å². The van der Waals surface area contributed by atoms with Gasteiger partial charge in [-0.3, -0.25) is 34.6 Å². The maximum absolute atomic E-state index is 12.9. The maximum Gasteiger partial charge on any atom is 0.408 e. The van der Waals surface area contributed by atoms with Crippen molar-refractivity contribution in [3.05, 3.63) is 74.3 Å². The highest BCUT2D eigenvalue weighted by Crippen LogP contribution is 2.32. The van der Waals surface area contributed by atoms with Crippen LogP contribution in [0.5, 0.6) is 0 Å². The molecule has 0 saturated carbocycles. The number of alkyl halides is 2. The van der Waals surface area contributed by atoms with Crippen LogP contribution >= 0.6 is 11.8 Å². The fourth-order valence-electron chi connectivity index (χ4n) is 3.66. The van der Waals surface area contributed by atoms with Gasteiger partial charge in [-0.1, -0.05) is 30.3 Å². The molecule has 0 aliphatic carbocycles. The number of thioether (sulfide) groups is 1. The Balaban J connectivity index is 2.14. The van der Waals surface area contributed by atoms with E-state index in [1.165, 1.54) is 0 Å². The molecule has 0 bridgehead atoms. The van der Waals surface area contributed by atoms with Gasteiger partial charge < -0.3 is 30.2 Å². The largest absolute Gasteiger partial charge is 0.462 e. The molecular formula is C28H31F2N5O12S. The van der Waals surface area contributed by atoms with Crippen molar-refractivity contribution in [2.75, 3.05) is 38.9 Å². The van der Waals surface area contributed by atoms with Gasteiger partial charge in [0.25, 0.3) is 11.4 Å². The fourth-order valence-corrected chi connectivity index (χ4v) is 4.69. The molecule has 48 heavy (non-hydrogen) atoms. The molecule has 0 unspecified atom stereocenters. The summed E-state index contributed by atoms with van der Waals surface area (Å²) in [5.41, 5.74) is -0.563. The lowest BCUT2D eigenvalue weighted by Gasteiger charge is -2.20. The van der Waals surface area contributed by atoms with E-state index >= 15 is 0 Å². The quantitative estimate of drug-likeness (QED) is 0.0592. The number of nitrogens with zero attached hydrogens (tertiary/aromatic N) is 2. The highest BCUT2D eigenvalue weighted by atomic mass is 32.2. The molecule has 20 heteroatoms. The van der Waals surface area contributed by atoms with Gasteiger partial charge in [0, 0.05) is 18.2 Å². The summed E-state index contributed by atoms with van der Waals surface area (Å²) in [6, 6.07) is 8.40. The lowest BCUT2D eigenvalue weighted by Crippen LogP contribution is -2.50. The highest BCUT2D eigenvalue weighted by Gasteiger charge is 2.28. The molecule has 3 amide bonds. The van der Waals surface area contributed by atoms with E-state index in [9.17, 15) is 53.0 Å². The lowest BCUT2D eigenvalue weighted by atomic mass is 10.1. The third-order valence-corrected chi connectivity index (χ3v) is 7.08. The van der Waals surface area contributed by atoms with E-state index in [1.807, 2.05) is 0 Å². The summed E-state index contributed by atoms with van der Waals surface area (Å²) in [7, 11) is 0. The standard InChI is InChI=1S/C28H31F2N5O12S/c29-10-12-45-25(37)15-31-26(38)21(17-48-23-8-6-19(34(41)42)14-22(23)35(43)44)32-24(36)9-7-20(27(39)46-13-11-30)33-28(40)47-16-18-4-2-1-3-5-18/h1-6,8,14,20-21H,7,9-13,15-17H2,(H,31,38)(H,32,36)(H,33,40)/t20-,21-/m0/s1. The Bertz CT molecular complexity index is 1450. The molecule has 2 atom stereocenters. The number of carbonyl (C=O) groups excluding carboxylic acids is 5. The Morgan fingerprint density at radius 2 is 1.54 bits per heavy atom. The van der Waals surface area contributed by atoms with Crippen molar-refractivity contribution >= 4 is 53.0 Å². The van der Waals surface area contributed by atoms with Crippen molar-refractivity contribution in [2.45, 2.75) is 36.4 Å². The molecule has 17 nitrogen and oxygen atoms in total. The second-order valence-electron chi connectivity index (χ2n) is 9.38. The van der Waals surface area contributed by atoms with Crippen LogP contribution in [0.2, 0.25) is 0 Å². The number of hydrogen-bond donors (Lipinski definition) is 3. The Morgan fingerprint density at radius 1 is 0.854 bits per heavy atom. The summed E-state index contributed by atoms with van der Waals surface area (Å²) in [6.07, 6.45) is -1.96.